The van der Waals surface area contributed by atoms with E-state index >= 15 is 0 Å². The molecule has 0 spiro atoms. The third kappa shape index (κ3) is 1.93. The normalized spacial score (nSPS) is 18.3. The van der Waals surface area contributed by atoms with Crippen molar-refractivity contribution < 1.29 is 14.3 Å². The van der Waals surface area contributed by atoms with Crippen molar-refractivity contribution in [1.29, 1.82) is 0 Å². The molecule has 1 aliphatic rings. The van der Waals surface area contributed by atoms with Gasteiger partial charge in [-0.1, -0.05) is 0 Å². The first-order valence-corrected chi connectivity index (χ1v) is 3.58. The second-order valence-electron chi connectivity index (χ2n) is 2.53. The quantitative estimate of drug-likeness (QED) is 0.512. The van der Waals surface area contributed by atoms with E-state index in [0.717, 1.165) is 6.42 Å². The van der Waals surface area contributed by atoms with Crippen molar-refractivity contribution in [1.82, 2.24) is 4.90 Å². The van der Waals surface area contributed by atoms with Crippen molar-refractivity contribution in [2.75, 3.05) is 20.2 Å². The number of likely N-dealkylation sites (tertiary alicyclic amines) is 1. The van der Waals surface area contributed by atoms with Crippen LogP contribution < -0.4 is 0 Å². The van der Waals surface area contributed by atoms with Crippen molar-refractivity contribution in [2.45, 2.75) is 12.8 Å². The number of hydrogen-bond donors (Lipinski definition) is 0. The molecule has 1 amide bonds. The van der Waals surface area contributed by atoms with Crippen LogP contribution in [0.15, 0.2) is 0 Å². The number of Topliss-reactive ketones (excluding diaryl/α,β-unsaturated/α-hetero) is 1. The fourth-order valence-corrected chi connectivity index (χ4v) is 1.12. The van der Waals surface area contributed by atoms with Gasteiger partial charge in [0.05, 0.1) is 13.7 Å². The van der Waals surface area contributed by atoms with E-state index < -0.39 is 6.09 Å². The summed E-state index contributed by atoms with van der Waals surface area (Å²) in [6.07, 6.45) is 0.944. The molecule has 0 radical (unpaired) electrons. The first-order valence-electron chi connectivity index (χ1n) is 3.58. The maximum absolute atomic E-state index is 10.9. The van der Waals surface area contributed by atoms with Gasteiger partial charge in [0.15, 0.2) is 5.78 Å². The zero-order valence-corrected chi connectivity index (χ0v) is 6.50. The average molecular weight is 157 g/mol. The molecular weight excluding hydrogens is 146 g/mol. The van der Waals surface area contributed by atoms with Crippen LogP contribution in [0.4, 0.5) is 4.79 Å². The van der Waals surface area contributed by atoms with Gasteiger partial charge < -0.3 is 9.64 Å². The molecule has 0 aliphatic carbocycles. The summed E-state index contributed by atoms with van der Waals surface area (Å²) < 4.78 is 4.47. The molecule has 1 rings (SSSR count). The highest BCUT2D eigenvalue weighted by molar-refractivity contribution is 5.85. The van der Waals surface area contributed by atoms with Gasteiger partial charge in [0.2, 0.25) is 0 Å². The molecule has 4 heteroatoms. The van der Waals surface area contributed by atoms with Crippen LogP contribution in [0.1, 0.15) is 12.8 Å². The lowest BCUT2D eigenvalue weighted by Crippen LogP contribution is -2.39. The Morgan fingerprint density at radius 1 is 1.64 bits per heavy atom. The fourth-order valence-electron chi connectivity index (χ4n) is 1.12. The number of piperidine rings is 1. The average Bonchev–Trinajstić information content (AvgIpc) is 2.03. The topological polar surface area (TPSA) is 46.6 Å². The molecule has 0 bridgehead atoms. The van der Waals surface area contributed by atoms with Crippen LogP contribution in [0.25, 0.3) is 0 Å². The lowest BCUT2D eigenvalue weighted by molar-refractivity contribution is -0.121. The van der Waals surface area contributed by atoms with Crippen LogP contribution in [0.5, 0.6) is 0 Å². The molecule has 4 nitrogen and oxygen atoms in total. The van der Waals surface area contributed by atoms with Crippen molar-refractivity contribution in [2.24, 2.45) is 0 Å². The highest BCUT2D eigenvalue weighted by Crippen LogP contribution is 2.06. The van der Waals surface area contributed by atoms with Gasteiger partial charge in [0.1, 0.15) is 0 Å². The van der Waals surface area contributed by atoms with Gasteiger partial charge in [0.25, 0.3) is 0 Å². The maximum atomic E-state index is 10.9. The number of amides is 1. The Morgan fingerprint density at radius 3 is 2.91 bits per heavy atom. The molecule has 0 aromatic carbocycles. The molecule has 0 unspecified atom stereocenters. The Hall–Kier alpha value is -1.06. The molecule has 1 fully saturated rings. The zero-order valence-electron chi connectivity index (χ0n) is 6.50. The molecule has 0 aromatic heterocycles. The van der Waals surface area contributed by atoms with E-state index in [0.29, 0.717) is 13.0 Å². The predicted molar refractivity (Wildman–Crippen MR) is 38.2 cm³/mol. The van der Waals surface area contributed by atoms with Crippen LogP contribution in [-0.2, 0) is 9.53 Å². The second-order valence-corrected chi connectivity index (χ2v) is 2.53. The van der Waals surface area contributed by atoms with Gasteiger partial charge >= 0.3 is 6.09 Å². The molecule has 1 saturated heterocycles. The number of ketones is 1. The van der Waals surface area contributed by atoms with Gasteiger partial charge in [-0.15, -0.1) is 0 Å². The van der Waals surface area contributed by atoms with E-state index in [1.807, 2.05) is 0 Å². The third-order valence-electron chi connectivity index (χ3n) is 1.68. The van der Waals surface area contributed by atoms with Crippen LogP contribution >= 0.6 is 0 Å². The Balaban J connectivity index is 2.45. The number of methoxy groups -OCH3 is 1. The van der Waals surface area contributed by atoms with E-state index in [1.165, 1.54) is 12.0 Å². The van der Waals surface area contributed by atoms with Crippen LogP contribution in [0.3, 0.4) is 0 Å². The summed E-state index contributed by atoms with van der Waals surface area (Å²) in [7, 11) is 1.32. The smallest absolute Gasteiger partial charge is 0.409 e. The predicted octanol–water partition coefficient (Wildman–Crippen LogP) is 0.418. The van der Waals surface area contributed by atoms with Crippen LogP contribution in [0.2, 0.25) is 0 Å². The molecule has 11 heavy (non-hydrogen) atoms. The summed E-state index contributed by atoms with van der Waals surface area (Å²) in [5.74, 6) is 0.113. The van der Waals surface area contributed by atoms with Gasteiger partial charge in [-0.2, -0.15) is 0 Å². The minimum absolute atomic E-state index is 0.113. The minimum atomic E-state index is -0.405. The number of carbonyl (C=O) groups is 2. The van der Waals surface area contributed by atoms with Gasteiger partial charge in [0, 0.05) is 13.0 Å². The lowest BCUT2D eigenvalue weighted by atomic mass is 10.1. The lowest BCUT2D eigenvalue weighted by Gasteiger charge is -2.23. The summed E-state index contributed by atoms with van der Waals surface area (Å²) >= 11 is 0. The first-order chi connectivity index (χ1) is 5.24. The third-order valence-corrected chi connectivity index (χ3v) is 1.68. The summed E-state index contributed by atoms with van der Waals surface area (Å²) in [6.45, 7) is 0.852. The number of hydrogen-bond acceptors (Lipinski definition) is 3. The van der Waals surface area contributed by atoms with Crippen LogP contribution in [-0.4, -0.2) is 37.0 Å². The van der Waals surface area contributed by atoms with Crippen molar-refractivity contribution in [3.8, 4) is 0 Å². The van der Waals surface area contributed by atoms with E-state index in [4.69, 9.17) is 0 Å². The van der Waals surface area contributed by atoms with E-state index in [1.54, 1.807) is 0 Å². The molecule has 0 saturated carbocycles. The Morgan fingerprint density at radius 2 is 2.36 bits per heavy atom. The largest absolute Gasteiger partial charge is 0.453 e. The van der Waals surface area contributed by atoms with E-state index in [2.05, 4.69) is 4.74 Å². The van der Waals surface area contributed by atoms with E-state index in [9.17, 15) is 9.59 Å². The van der Waals surface area contributed by atoms with Crippen molar-refractivity contribution >= 4 is 11.9 Å². The second kappa shape index (κ2) is 3.37. The highest BCUT2D eigenvalue weighted by atomic mass is 16.5. The zero-order chi connectivity index (χ0) is 8.27. The van der Waals surface area contributed by atoms with Gasteiger partial charge in [-0.05, 0) is 6.42 Å². The summed E-state index contributed by atoms with van der Waals surface area (Å²) in [5.41, 5.74) is 0. The number of ether oxygens (including phenoxy) is 1. The molecule has 1 heterocycles. The van der Waals surface area contributed by atoms with Crippen molar-refractivity contribution in [3.05, 3.63) is 0 Å². The molecular formula is C7H11NO3. The van der Waals surface area contributed by atoms with Crippen molar-refractivity contribution in [3.63, 3.8) is 0 Å². The number of nitrogens with zero attached hydrogens (tertiary/aromatic N) is 1. The molecule has 0 aromatic rings. The molecule has 0 N–H and O–H groups in total. The molecule has 62 valence electrons. The van der Waals surface area contributed by atoms with Crippen LogP contribution in [0, 0.1) is 0 Å². The monoisotopic (exact) mass is 157 g/mol. The summed E-state index contributed by atoms with van der Waals surface area (Å²) in [6, 6.07) is 0. The van der Waals surface area contributed by atoms with E-state index in [-0.39, 0.29) is 12.3 Å². The Labute approximate surface area is 65.1 Å². The van der Waals surface area contributed by atoms with Gasteiger partial charge in [-0.3, -0.25) is 4.79 Å². The standard InChI is InChI=1S/C7H11NO3/c1-11-7(10)8-4-2-3-6(9)5-8/h2-5H2,1H3. The minimum Gasteiger partial charge on any atom is -0.453 e. The molecule has 1 aliphatic heterocycles. The fraction of sp³-hybridized carbons (Fsp3) is 0.714. The first kappa shape index (κ1) is 8.04. The van der Waals surface area contributed by atoms with Gasteiger partial charge in [-0.25, -0.2) is 4.79 Å². The Kier molecular flexibility index (Phi) is 2.46. The summed E-state index contributed by atoms with van der Waals surface area (Å²) in [5, 5.41) is 0. The number of carbonyl (C=O) groups excluding carboxylic acids is 2. The highest BCUT2D eigenvalue weighted by Gasteiger charge is 2.21. The number of rotatable bonds is 0. The Bertz CT molecular complexity index is 179. The molecule has 0 atom stereocenters. The maximum Gasteiger partial charge on any atom is 0.409 e. The SMILES string of the molecule is COC(=O)N1CCCC(=O)C1. The summed E-state index contributed by atoms with van der Waals surface area (Å²) in [4.78, 5) is 23.1.